The minimum Gasteiger partial charge on any atom is -0.337 e. The average molecular weight is 154 g/mol. The van der Waals surface area contributed by atoms with E-state index in [4.69, 9.17) is 0 Å². The molecule has 62 valence electrons. The molecule has 0 saturated carbocycles. The second kappa shape index (κ2) is 2.08. The zero-order valence-corrected chi connectivity index (χ0v) is 7.19. The van der Waals surface area contributed by atoms with Gasteiger partial charge in [0.05, 0.1) is 5.66 Å². The van der Waals surface area contributed by atoms with Crippen molar-refractivity contribution >= 4 is 5.91 Å². The summed E-state index contributed by atoms with van der Waals surface area (Å²) in [7, 11) is 0. The summed E-state index contributed by atoms with van der Waals surface area (Å²) < 4.78 is 0. The van der Waals surface area contributed by atoms with Gasteiger partial charge in [0.25, 0.3) is 0 Å². The van der Waals surface area contributed by atoms with Gasteiger partial charge in [0, 0.05) is 0 Å². The van der Waals surface area contributed by atoms with Crippen molar-refractivity contribution in [2.24, 2.45) is 0 Å². The first kappa shape index (κ1) is 8.27. The fraction of sp³-hybridized carbons (Fsp3) is 0.625. The Hall–Kier alpha value is -0.830. The highest BCUT2D eigenvalue weighted by atomic mass is 16.2. The molecule has 0 aromatic rings. The Kier molecular flexibility index (Phi) is 1.56. The molecule has 1 aliphatic heterocycles. The van der Waals surface area contributed by atoms with E-state index in [9.17, 15) is 4.79 Å². The van der Waals surface area contributed by atoms with Crippen molar-refractivity contribution in [3.63, 3.8) is 0 Å². The molecule has 0 radical (unpaired) electrons. The first-order valence-corrected chi connectivity index (χ1v) is 3.65. The van der Waals surface area contributed by atoms with Crippen LogP contribution in [0.5, 0.6) is 0 Å². The zero-order valence-electron chi connectivity index (χ0n) is 7.19. The number of carbonyl (C=O) groups excluding carboxylic acids is 1. The van der Waals surface area contributed by atoms with E-state index in [0.29, 0.717) is 0 Å². The van der Waals surface area contributed by atoms with Crippen LogP contribution in [-0.2, 0) is 4.79 Å². The van der Waals surface area contributed by atoms with Crippen molar-refractivity contribution in [2.45, 2.75) is 32.0 Å². The van der Waals surface area contributed by atoms with Gasteiger partial charge in [-0.25, -0.2) is 0 Å². The van der Waals surface area contributed by atoms with Crippen molar-refractivity contribution in [3.8, 4) is 0 Å². The largest absolute Gasteiger partial charge is 0.337 e. The quantitative estimate of drug-likeness (QED) is 0.536. The Labute approximate surface area is 66.9 Å². The topological polar surface area (TPSA) is 41.1 Å². The molecule has 1 heterocycles. The van der Waals surface area contributed by atoms with Crippen LogP contribution in [0.15, 0.2) is 12.7 Å². The molecule has 1 unspecified atom stereocenters. The van der Waals surface area contributed by atoms with Crippen molar-refractivity contribution < 1.29 is 4.79 Å². The van der Waals surface area contributed by atoms with Gasteiger partial charge in [-0.05, 0) is 20.8 Å². The summed E-state index contributed by atoms with van der Waals surface area (Å²) in [4.78, 5) is 11.3. The first-order valence-electron chi connectivity index (χ1n) is 3.65. The lowest BCUT2D eigenvalue weighted by Crippen LogP contribution is -2.47. The van der Waals surface area contributed by atoms with Crippen LogP contribution in [0.25, 0.3) is 0 Å². The predicted octanol–water partition coefficient (Wildman–Crippen LogP) is 0.387. The molecule has 0 aliphatic carbocycles. The number of rotatable bonds is 1. The van der Waals surface area contributed by atoms with Gasteiger partial charge < -0.3 is 5.32 Å². The Morgan fingerprint density at radius 3 is 2.18 bits per heavy atom. The standard InChI is InChI=1S/C8H14N2O/c1-5-8(4)6(11)9-7(2,3)10-8/h5,10H,1H2,2-4H3,(H,9,11). The second-order valence-corrected chi connectivity index (χ2v) is 3.61. The van der Waals surface area contributed by atoms with Crippen LogP contribution in [-0.4, -0.2) is 17.1 Å². The molecule has 11 heavy (non-hydrogen) atoms. The van der Waals surface area contributed by atoms with Gasteiger partial charge in [-0.15, -0.1) is 6.58 Å². The summed E-state index contributed by atoms with van der Waals surface area (Å²) in [6.07, 6.45) is 1.62. The van der Waals surface area contributed by atoms with Crippen LogP contribution in [0.3, 0.4) is 0 Å². The van der Waals surface area contributed by atoms with Crippen molar-refractivity contribution in [3.05, 3.63) is 12.7 Å². The molecule has 0 bridgehead atoms. The lowest BCUT2D eigenvalue weighted by atomic mass is 10.0. The van der Waals surface area contributed by atoms with Gasteiger partial charge >= 0.3 is 0 Å². The third-order valence-corrected chi connectivity index (χ3v) is 1.88. The van der Waals surface area contributed by atoms with Crippen LogP contribution in [0, 0.1) is 0 Å². The minimum atomic E-state index is -0.608. The molecule has 0 aromatic carbocycles. The van der Waals surface area contributed by atoms with E-state index in [0.717, 1.165) is 0 Å². The van der Waals surface area contributed by atoms with Gasteiger partial charge in [0.1, 0.15) is 5.54 Å². The summed E-state index contributed by atoms with van der Waals surface area (Å²) in [5, 5.41) is 5.94. The third kappa shape index (κ3) is 1.28. The molecule has 0 spiro atoms. The maximum atomic E-state index is 11.3. The van der Waals surface area contributed by atoms with Crippen LogP contribution in [0.4, 0.5) is 0 Å². The molecule has 2 N–H and O–H groups in total. The van der Waals surface area contributed by atoms with Crippen LogP contribution >= 0.6 is 0 Å². The summed E-state index contributed by atoms with van der Waals surface area (Å²) >= 11 is 0. The van der Waals surface area contributed by atoms with E-state index >= 15 is 0 Å². The Morgan fingerprint density at radius 1 is 1.45 bits per heavy atom. The summed E-state index contributed by atoms with van der Waals surface area (Å²) in [5.74, 6) is -0.0162. The Balaban J connectivity index is 2.90. The number of hydrogen-bond acceptors (Lipinski definition) is 2. The average Bonchev–Trinajstić information content (AvgIpc) is 2.03. The maximum absolute atomic E-state index is 11.3. The summed E-state index contributed by atoms with van der Waals surface area (Å²) in [6.45, 7) is 9.25. The molecule has 3 heteroatoms. The number of amides is 1. The zero-order chi connectivity index (χ0) is 8.70. The molecular weight excluding hydrogens is 140 g/mol. The monoisotopic (exact) mass is 154 g/mol. The van der Waals surface area contributed by atoms with Gasteiger partial charge in [-0.3, -0.25) is 10.1 Å². The van der Waals surface area contributed by atoms with Crippen molar-refractivity contribution in [2.75, 3.05) is 0 Å². The van der Waals surface area contributed by atoms with E-state index in [2.05, 4.69) is 17.2 Å². The highest BCUT2D eigenvalue weighted by molar-refractivity contribution is 5.90. The van der Waals surface area contributed by atoms with E-state index < -0.39 is 5.54 Å². The summed E-state index contributed by atoms with van der Waals surface area (Å²) in [6, 6.07) is 0. The van der Waals surface area contributed by atoms with Crippen molar-refractivity contribution in [1.29, 1.82) is 0 Å². The normalized spacial score (nSPS) is 35.0. The van der Waals surface area contributed by atoms with Gasteiger partial charge in [0.2, 0.25) is 5.91 Å². The molecular formula is C8H14N2O. The second-order valence-electron chi connectivity index (χ2n) is 3.61. The highest BCUT2D eigenvalue weighted by Crippen LogP contribution is 2.18. The molecule has 1 fully saturated rings. The van der Waals surface area contributed by atoms with E-state index in [1.807, 2.05) is 20.8 Å². The SMILES string of the molecule is C=CC1(C)NC(C)(C)NC1=O. The predicted molar refractivity (Wildman–Crippen MR) is 44.0 cm³/mol. The van der Waals surface area contributed by atoms with Gasteiger partial charge in [-0.2, -0.15) is 0 Å². The van der Waals surface area contributed by atoms with Crippen molar-refractivity contribution in [1.82, 2.24) is 10.6 Å². The minimum absolute atomic E-state index is 0.0162. The molecule has 1 atom stereocenters. The smallest absolute Gasteiger partial charge is 0.245 e. The summed E-state index contributed by atoms with van der Waals surface area (Å²) in [5.41, 5.74) is -0.927. The fourth-order valence-corrected chi connectivity index (χ4v) is 1.29. The molecule has 1 rings (SSSR count). The van der Waals surface area contributed by atoms with E-state index in [1.165, 1.54) is 0 Å². The maximum Gasteiger partial charge on any atom is 0.245 e. The van der Waals surface area contributed by atoms with Gasteiger partial charge in [-0.1, -0.05) is 6.08 Å². The number of carbonyl (C=O) groups is 1. The van der Waals surface area contributed by atoms with Crippen LogP contribution < -0.4 is 10.6 Å². The lowest BCUT2D eigenvalue weighted by molar-refractivity contribution is -0.122. The van der Waals surface area contributed by atoms with E-state index in [-0.39, 0.29) is 11.6 Å². The molecule has 1 saturated heterocycles. The first-order chi connectivity index (χ1) is 4.90. The molecule has 0 aromatic heterocycles. The van der Waals surface area contributed by atoms with E-state index in [1.54, 1.807) is 6.08 Å². The molecule has 3 nitrogen and oxygen atoms in total. The lowest BCUT2D eigenvalue weighted by Gasteiger charge is -2.21. The Bertz CT molecular complexity index is 210. The molecule has 1 amide bonds. The number of hydrogen-bond donors (Lipinski definition) is 2. The van der Waals surface area contributed by atoms with Gasteiger partial charge in [0.15, 0.2) is 0 Å². The molecule has 1 aliphatic rings. The number of nitrogens with one attached hydrogen (secondary N) is 2. The third-order valence-electron chi connectivity index (χ3n) is 1.88. The van der Waals surface area contributed by atoms with Crippen LogP contribution in [0.1, 0.15) is 20.8 Å². The fourth-order valence-electron chi connectivity index (χ4n) is 1.29. The Morgan fingerprint density at radius 2 is 2.00 bits per heavy atom. The van der Waals surface area contributed by atoms with Crippen LogP contribution in [0.2, 0.25) is 0 Å². The highest BCUT2D eigenvalue weighted by Gasteiger charge is 2.43.